The number of halogens is 1. The third kappa shape index (κ3) is 3.54. The Labute approximate surface area is 167 Å². The van der Waals surface area contributed by atoms with Gasteiger partial charge in [0.15, 0.2) is 0 Å². The smallest absolute Gasteiger partial charge is 0.323 e. The quantitative estimate of drug-likeness (QED) is 0.572. The fourth-order valence-corrected chi connectivity index (χ4v) is 4.56. The molecule has 1 unspecified atom stereocenters. The molecule has 1 aromatic carbocycles. The second-order valence-corrected chi connectivity index (χ2v) is 8.54. The van der Waals surface area contributed by atoms with Crippen molar-refractivity contribution >= 4 is 38.2 Å². The Bertz CT molecular complexity index is 1090. The summed E-state index contributed by atoms with van der Waals surface area (Å²) in [6.45, 7) is 2.80. The first-order chi connectivity index (χ1) is 12.9. The molecule has 3 heterocycles. The first-order valence-corrected chi connectivity index (χ1v) is 10.0. The van der Waals surface area contributed by atoms with Crippen LogP contribution < -0.4 is 5.56 Å². The third-order valence-corrected chi connectivity index (χ3v) is 5.95. The zero-order chi connectivity index (χ0) is 19.1. The first-order valence-electron chi connectivity index (χ1n) is 8.40. The van der Waals surface area contributed by atoms with Gasteiger partial charge in [-0.3, -0.25) is 14.5 Å². The van der Waals surface area contributed by atoms with Crippen molar-refractivity contribution in [1.82, 2.24) is 19.5 Å². The highest BCUT2D eigenvalue weighted by Gasteiger charge is 2.32. The lowest BCUT2D eigenvalue weighted by Gasteiger charge is -2.34. The fraction of sp³-hybridized carbons (Fsp3) is 0.333. The fourth-order valence-electron chi connectivity index (χ4n) is 3.38. The maximum atomic E-state index is 12.4. The maximum absolute atomic E-state index is 12.4. The largest absolute Gasteiger partial charge is 0.468 e. The molecule has 1 atom stereocenters. The van der Waals surface area contributed by atoms with Gasteiger partial charge in [-0.25, -0.2) is 4.98 Å². The molecular formula is C18H17BrN4O3S. The van der Waals surface area contributed by atoms with Crippen LogP contribution in [-0.4, -0.2) is 38.6 Å². The molecule has 1 aliphatic rings. The minimum absolute atomic E-state index is 0.214. The van der Waals surface area contributed by atoms with Crippen molar-refractivity contribution in [3.8, 4) is 0 Å². The molecular weight excluding hydrogens is 432 g/mol. The number of hydrogen-bond acceptors (Lipinski definition) is 7. The van der Waals surface area contributed by atoms with Crippen molar-refractivity contribution in [3.63, 3.8) is 0 Å². The van der Waals surface area contributed by atoms with E-state index in [1.807, 2.05) is 24.0 Å². The summed E-state index contributed by atoms with van der Waals surface area (Å²) in [5.41, 5.74) is 2.69. The van der Waals surface area contributed by atoms with Crippen LogP contribution in [0.3, 0.4) is 0 Å². The Morgan fingerprint density at radius 2 is 2.19 bits per heavy atom. The van der Waals surface area contributed by atoms with E-state index in [1.54, 1.807) is 0 Å². The van der Waals surface area contributed by atoms with Gasteiger partial charge >= 0.3 is 5.97 Å². The molecule has 27 heavy (non-hydrogen) atoms. The molecule has 9 heteroatoms. The van der Waals surface area contributed by atoms with E-state index in [-0.39, 0.29) is 11.5 Å². The van der Waals surface area contributed by atoms with Crippen LogP contribution >= 0.6 is 27.3 Å². The number of ether oxygens (including phenoxy) is 1. The van der Waals surface area contributed by atoms with E-state index >= 15 is 0 Å². The Hall–Kier alpha value is -2.10. The molecule has 2 aromatic heterocycles. The lowest BCUT2D eigenvalue weighted by molar-refractivity contribution is -0.148. The Balaban J connectivity index is 1.70. The van der Waals surface area contributed by atoms with Crippen molar-refractivity contribution in [2.45, 2.75) is 32.5 Å². The molecule has 0 saturated carbocycles. The van der Waals surface area contributed by atoms with Crippen molar-refractivity contribution < 1.29 is 9.53 Å². The van der Waals surface area contributed by atoms with Gasteiger partial charge in [-0.15, -0.1) is 0 Å². The van der Waals surface area contributed by atoms with E-state index in [9.17, 15) is 9.59 Å². The van der Waals surface area contributed by atoms with Crippen LogP contribution in [0.5, 0.6) is 0 Å². The first kappa shape index (κ1) is 18.3. The monoisotopic (exact) mass is 448 g/mol. The number of benzene rings is 1. The molecule has 3 aromatic rings. The summed E-state index contributed by atoms with van der Waals surface area (Å²) in [7, 11) is 1.40. The predicted octanol–water partition coefficient (Wildman–Crippen LogP) is 2.32. The average Bonchev–Trinajstić information content (AvgIpc) is 3.01. The number of esters is 1. The Morgan fingerprint density at radius 1 is 1.37 bits per heavy atom. The minimum Gasteiger partial charge on any atom is -0.468 e. The van der Waals surface area contributed by atoms with Gasteiger partial charge in [0.2, 0.25) is 4.96 Å². The molecule has 0 aliphatic carbocycles. The van der Waals surface area contributed by atoms with Crippen LogP contribution in [-0.2, 0) is 29.0 Å². The second-order valence-electron chi connectivity index (χ2n) is 6.46. The molecule has 7 nitrogen and oxygen atoms in total. The van der Waals surface area contributed by atoms with E-state index in [1.165, 1.54) is 29.0 Å². The zero-order valence-electron chi connectivity index (χ0n) is 14.8. The normalized spacial score (nSPS) is 17.1. The number of nitrogens with zero attached hydrogens (tertiary/aromatic N) is 4. The topological polar surface area (TPSA) is 76.8 Å². The molecule has 0 amide bonds. The van der Waals surface area contributed by atoms with Crippen LogP contribution in [0, 0.1) is 6.92 Å². The van der Waals surface area contributed by atoms with Crippen LogP contribution in [0.2, 0.25) is 0 Å². The molecule has 4 rings (SSSR count). The Kier molecular flexibility index (Phi) is 4.83. The molecule has 0 fully saturated rings. The second kappa shape index (κ2) is 7.14. The Morgan fingerprint density at radius 3 is 2.96 bits per heavy atom. The number of aromatic nitrogens is 3. The summed E-state index contributed by atoms with van der Waals surface area (Å²) in [6.07, 6.45) is 0.566. The molecule has 0 saturated heterocycles. The number of carbonyl (C=O) groups is 1. The van der Waals surface area contributed by atoms with Gasteiger partial charge in [0.1, 0.15) is 11.0 Å². The van der Waals surface area contributed by atoms with Crippen LogP contribution in [0.1, 0.15) is 21.8 Å². The maximum Gasteiger partial charge on any atom is 0.323 e. The standard InChI is InChI=1S/C18H17BrN4O3S/c1-10-21-23-16(24)7-14(20-18(23)27-10)9-22-8-12-5-13(19)4-3-11(12)6-15(22)17(25)26-2/h3-5,7,15H,6,8-9H2,1-2H3. The van der Waals surface area contributed by atoms with E-state index in [2.05, 4.69) is 32.1 Å². The lowest BCUT2D eigenvalue weighted by atomic mass is 9.94. The van der Waals surface area contributed by atoms with Crippen molar-refractivity contribution in [1.29, 1.82) is 0 Å². The molecule has 0 spiro atoms. The van der Waals surface area contributed by atoms with E-state index in [0.29, 0.717) is 30.2 Å². The number of methoxy groups -OCH3 is 1. The summed E-state index contributed by atoms with van der Waals surface area (Å²) in [4.78, 5) is 31.8. The van der Waals surface area contributed by atoms with Gasteiger partial charge in [-0.05, 0) is 36.6 Å². The minimum atomic E-state index is -0.410. The van der Waals surface area contributed by atoms with Gasteiger partial charge in [0.25, 0.3) is 5.56 Å². The van der Waals surface area contributed by atoms with E-state index in [0.717, 1.165) is 20.6 Å². The van der Waals surface area contributed by atoms with Crippen molar-refractivity contribution in [3.05, 3.63) is 60.9 Å². The highest BCUT2D eigenvalue weighted by Crippen LogP contribution is 2.28. The van der Waals surface area contributed by atoms with Gasteiger partial charge in [-0.2, -0.15) is 9.61 Å². The molecule has 0 bridgehead atoms. The van der Waals surface area contributed by atoms with Gasteiger partial charge in [0.05, 0.1) is 12.8 Å². The van der Waals surface area contributed by atoms with Gasteiger partial charge in [0, 0.05) is 23.6 Å². The van der Waals surface area contributed by atoms with Gasteiger partial charge in [-0.1, -0.05) is 33.3 Å². The number of fused-ring (bicyclic) bond motifs is 2. The third-order valence-electron chi connectivity index (χ3n) is 4.63. The number of carbonyl (C=O) groups excluding carboxylic acids is 1. The van der Waals surface area contributed by atoms with Crippen LogP contribution in [0.15, 0.2) is 33.5 Å². The summed E-state index contributed by atoms with van der Waals surface area (Å²) in [6, 6.07) is 7.15. The lowest BCUT2D eigenvalue weighted by Crippen LogP contribution is -2.45. The molecule has 1 aliphatic heterocycles. The highest BCUT2D eigenvalue weighted by atomic mass is 79.9. The highest BCUT2D eigenvalue weighted by molar-refractivity contribution is 9.10. The number of rotatable bonds is 3. The van der Waals surface area contributed by atoms with E-state index < -0.39 is 6.04 Å². The molecule has 0 N–H and O–H groups in total. The number of hydrogen-bond donors (Lipinski definition) is 0. The zero-order valence-corrected chi connectivity index (χ0v) is 17.2. The van der Waals surface area contributed by atoms with Crippen molar-refractivity contribution in [2.24, 2.45) is 0 Å². The summed E-state index contributed by atoms with van der Waals surface area (Å²) in [5.74, 6) is -0.282. The van der Waals surface area contributed by atoms with Crippen LogP contribution in [0.25, 0.3) is 4.96 Å². The summed E-state index contributed by atoms with van der Waals surface area (Å²) in [5, 5.41) is 4.94. The summed E-state index contributed by atoms with van der Waals surface area (Å²) < 4.78 is 7.32. The predicted molar refractivity (Wildman–Crippen MR) is 105 cm³/mol. The molecule has 0 radical (unpaired) electrons. The average molecular weight is 449 g/mol. The van der Waals surface area contributed by atoms with E-state index in [4.69, 9.17) is 4.74 Å². The van der Waals surface area contributed by atoms with Crippen LogP contribution in [0.4, 0.5) is 0 Å². The molecule has 140 valence electrons. The van der Waals surface area contributed by atoms with Crippen molar-refractivity contribution in [2.75, 3.05) is 7.11 Å². The summed E-state index contributed by atoms with van der Waals surface area (Å²) >= 11 is 4.87. The van der Waals surface area contributed by atoms with Gasteiger partial charge < -0.3 is 4.74 Å². The SMILES string of the molecule is COC(=O)C1Cc2ccc(Br)cc2CN1Cc1cc(=O)n2nc(C)sc2n1. The number of aryl methyl sites for hydroxylation is 1.